The summed E-state index contributed by atoms with van der Waals surface area (Å²) >= 11 is 0. The maximum Gasteiger partial charge on any atom is 0.387 e. The summed E-state index contributed by atoms with van der Waals surface area (Å²) in [4.78, 5) is 13.8. The van der Waals surface area contributed by atoms with E-state index in [1.807, 2.05) is 31.2 Å². The number of carbonyl (C=O) groups is 1. The van der Waals surface area contributed by atoms with Gasteiger partial charge in [-0.25, -0.2) is 0 Å². The van der Waals surface area contributed by atoms with Gasteiger partial charge in [-0.2, -0.15) is 13.6 Å². The highest BCUT2D eigenvalue weighted by atomic mass is 19.3. The van der Waals surface area contributed by atoms with Gasteiger partial charge in [0.15, 0.2) is 5.78 Å². The minimum atomic E-state index is -2.91. The van der Waals surface area contributed by atoms with Crippen LogP contribution in [0.3, 0.4) is 0 Å². The molecule has 3 rings (SSSR count). The van der Waals surface area contributed by atoms with Crippen molar-refractivity contribution in [3.05, 3.63) is 59.7 Å². The molecule has 0 saturated heterocycles. The van der Waals surface area contributed by atoms with Gasteiger partial charge in [0.1, 0.15) is 11.8 Å². The third kappa shape index (κ3) is 3.90. The van der Waals surface area contributed by atoms with Crippen molar-refractivity contribution in [3.63, 3.8) is 0 Å². The number of Topliss-reactive ketones (excluding diaryl/α,β-unsaturated/α-hetero) is 1. The molecular weight excluding hydrogens is 342 g/mol. The van der Waals surface area contributed by atoms with Gasteiger partial charge in [-0.15, -0.1) is 10.2 Å². The third-order valence-corrected chi connectivity index (χ3v) is 3.83. The normalized spacial score (nSPS) is 12.2. The molecule has 26 heavy (non-hydrogen) atoms. The summed E-state index contributed by atoms with van der Waals surface area (Å²) < 4.78 is 28.6. The third-order valence-electron chi connectivity index (χ3n) is 3.83. The fourth-order valence-corrected chi connectivity index (χ4v) is 2.35. The molecule has 134 valence electrons. The van der Waals surface area contributed by atoms with Crippen LogP contribution < -0.4 is 4.74 Å². The average Bonchev–Trinajstić information content (AvgIpc) is 3.11. The molecule has 0 aliphatic carbocycles. The standard InChI is InChI=1S/C18H16F2N4O2/c1-11-3-5-14(6-4-11)17-21-23-24(22-17)12(2)16(25)13-7-9-15(10-8-13)26-18(19)20/h3-10,12,18H,1-2H3/t12-/m1/s1. The lowest BCUT2D eigenvalue weighted by atomic mass is 10.1. The van der Waals surface area contributed by atoms with Crippen LogP contribution in [0, 0.1) is 6.92 Å². The number of tetrazole rings is 1. The number of hydrogen-bond donors (Lipinski definition) is 0. The zero-order chi connectivity index (χ0) is 18.7. The van der Waals surface area contributed by atoms with Crippen molar-refractivity contribution in [3.8, 4) is 17.1 Å². The molecule has 0 spiro atoms. The van der Waals surface area contributed by atoms with Crippen molar-refractivity contribution in [2.75, 3.05) is 0 Å². The molecule has 0 aliphatic heterocycles. The number of nitrogens with zero attached hydrogens (tertiary/aromatic N) is 4. The highest BCUT2D eigenvalue weighted by molar-refractivity contribution is 5.98. The van der Waals surface area contributed by atoms with Gasteiger partial charge in [-0.1, -0.05) is 29.8 Å². The number of alkyl halides is 2. The summed E-state index contributed by atoms with van der Waals surface area (Å²) in [5.74, 6) is 0.150. The van der Waals surface area contributed by atoms with E-state index in [4.69, 9.17) is 0 Å². The van der Waals surface area contributed by atoms with Crippen LogP contribution in [-0.4, -0.2) is 32.6 Å². The molecule has 1 atom stereocenters. The Labute approximate surface area is 148 Å². The van der Waals surface area contributed by atoms with E-state index in [2.05, 4.69) is 20.1 Å². The summed E-state index contributed by atoms with van der Waals surface area (Å²) in [5.41, 5.74) is 2.26. The number of halogens is 2. The highest BCUT2D eigenvalue weighted by Gasteiger charge is 2.20. The topological polar surface area (TPSA) is 69.9 Å². The maximum absolute atomic E-state index is 12.6. The van der Waals surface area contributed by atoms with E-state index in [0.29, 0.717) is 11.4 Å². The van der Waals surface area contributed by atoms with Crippen LogP contribution in [0.25, 0.3) is 11.4 Å². The molecule has 0 radical (unpaired) electrons. The minimum absolute atomic E-state index is 0.00950. The van der Waals surface area contributed by atoms with Gasteiger partial charge in [0.2, 0.25) is 5.82 Å². The Morgan fingerprint density at radius 3 is 2.35 bits per heavy atom. The smallest absolute Gasteiger partial charge is 0.387 e. The van der Waals surface area contributed by atoms with Crippen LogP contribution in [-0.2, 0) is 0 Å². The Bertz CT molecular complexity index is 892. The number of ether oxygens (including phenoxy) is 1. The Morgan fingerprint density at radius 2 is 1.73 bits per heavy atom. The highest BCUT2D eigenvalue weighted by Crippen LogP contribution is 2.20. The van der Waals surface area contributed by atoms with Crippen LogP contribution in [0.5, 0.6) is 5.75 Å². The summed E-state index contributed by atoms with van der Waals surface area (Å²) in [5, 5.41) is 12.2. The van der Waals surface area contributed by atoms with Gasteiger partial charge >= 0.3 is 6.61 Å². The lowest BCUT2D eigenvalue weighted by Crippen LogP contribution is -2.19. The molecule has 0 unspecified atom stereocenters. The minimum Gasteiger partial charge on any atom is -0.435 e. The molecule has 0 amide bonds. The molecule has 0 bridgehead atoms. The lowest BCUT2D eigenvalue weighted by molar-refractivity contribution is -0.0498. The average molecular weight is 358 g/mol. The molecule has 1 heterocycles. The number of aryl methyl sites for hydroxylation is 1. The second-order valence-corrected chi connectivity index (χ2v) is 5.74. The van der Waals surface area contributed by atoms with Gasteiger partial charge in [-0.3, -0.25) is 4.79 Å². The number of rotatable bonds is 6. The first-order valence-electron chi connectivity index (χ1n) is 7.89. The van der Waals surface area contributed by atoms with Crippen LogP contribution in [0.4, 0.5) is 8.78 Å². The lowest BCUT2D eigenvalue weighted by Gasteiger charge is -2.09. The van der Waals surface area contributed by atoms with E-state index in [-0.39, 0.29) is 11.5 Å². The molecule has 0 aliphatic rings. The van der Waals surface area contributed by atoms with Crippen LogP contribution >= 0.6 is 0 Å². The molecule has 3 aromatic rings. The molecule has 0 N–H and O–H groups in total. The molecule has 0 fully saturated rings. The second kappa shape index (κ2) is 7.38. The van der Waals surface area contributed by atoms with Crippen LogP contribution in [0.15, 0.2) is 48.5 Å². The Hall–Kier alpha value is -3.16. The number of benzene rings is 2. The van der Waals surface area contributed by atoms with E-state index in [1.165, 1.54) is 29.1 Å². The fourth-order valence-electron chi connectivity index (χ4n) is 2.35. The second-order valence-electron chi connectivity index (χ2n) is 5.74. The number of aromatic nitrogens is 4. The Morgan fingerprint density at radius 1 is 1.08 bits per heavy atom. The molecule has 0 saturated carbocycles. The molecule has 8 heteroatoms. The fraction of sp³-hybridized carbons (Fsp3) is 0.222. The van der Waals surface area contributed by atoms with E-state index in [1.54, 1.807) is 6.92 Å². The quantitative estimate of drug-likeness (QED) is 0.629. The van der Waals surface area contributed by atoms with E-state index in [0.717, 1.165) is 11.1 Å². The SMILES string of the molecule is Cc1ccc(-c2nnn([C@H](C)C(=O)c3ccc(OC(F)F)cc3)n2)cc1. The Kier molecular flexibility index (Phi) is 5.01. The first-order valence-corrected chi connectivity index (χ1v) is 7.89. The number of hydrogen-bond acceptors (Lipinski definition) is 5. The van der Waals surface area contributed by atoms with E-state index >= 15 is 0 Å². The summed E-state index contributed by atoms with van der Waals surface area (Å²) in [6.45, 7) is 0.717. The van der Waals surface area contributed by atoms with Crippen molar-refractivity contribution >= 4 is 5.78 Å². The van der Waals surface area contributed by atoms with Crippen molar-refractivity contribution in [1.29, 1.82) is 0 Å². The van der Waals surface area contributed by atoms with E-state index < -0.39 is 12.7 Å². The van der Waals surface area contributed by atoms with Gasteiger partial charge in [-0.05, 0) is 43.3 Å². The molecule has 6 nitrogen and oxygen atoms in total. The van der Waals surface area contributed by atoms with Crippen molar-refractivity contribution in [2.45, 2.75) is 26.5 Å². The molecular formula is C18H16F2N4O2. The molecule has 1 aromatic heterocycles. The summed E-state index contributed by atoms with van der Waals surface area (Å²) in [6.07, 6.45) is 0. The first-order chi connectivity index (χ1) is 12.4. The monoisotopic (exact) mass is 358 g/mol. The van der Waals surface area contributed by atoms with Crippen LogP contribution in [0.2, 0.25) is 0 Å². The van der Waals surface area contributed by atoms with Gasteiger partial charge < -0.3 is 4.74 Å². The van der Waals surface area contributed by atoms with Crippen LogP contribution in [0.1, 0.15) is 28.9 Å². The van der Waals surface area contributed by atoms with Crippen molar-refractivity contribution < 1.29 is 18.3 Å². The van der Waals surface area contributed by atoms with Gasteiger partial charge in [0, 0.05) is 11.1 Å². The predicted octanol–water partition coefficient (Wildman–Crippen LogP) is 3.69. The number of ketones is 1. The number of carbonyl (C=O) groups excluding carboxylic acids is 1. The molecule has 2 aromatic carbocycles. The summed E-state index contributed by atoms with van der Waals surface area (Å²) in [7, 11) is 0. The van der Waals surface area contributed by atoms with Gasteiger partial charge in [0.25, 0.3) is 0 Å². The largest absolute Gasteiger partial charge is 0.435 e. The maximum atomic E-state index is 12.6. The Balaban J connectivity index is 1.75. The predicted molar refractivity (Wildman–Crippen MR) is 90.1 cm³/mol. The van der Waals surface area contributed by atoms with Crippen molar-refractivity contribution in [1.82, 2.24) is 20.2 Å². The van der Waals surface area contributed by atoms with Gasteiger partial charge in [0.05, 0.1) is 0 Å². The zero-order valence-corrected chi connectivity index (χ0v) is 14.1. The van der Waals surface area contributed by atoms with E-state index in [9.17, 15) is 13.6 Å². The van der Waals surface area contributed by atoms with Crippen molar-refractivity contribution in [2.24, 2.45) is 0 Å². The zero-order valence-electron chi connectivity index (χ0n) is 14.1. The first kappa shape index (κ1) is 17.7. The summed E-state index contributed by atoms with van der Waals surface area (Å²) in [6, 6.07) is 12.4.